The minimum absolute atomic E-state index is 0.646. The van der Waals surface area contributed by atoms with Crippen molar-refractivity contribution in [3.05, 3.63) is 29.3 Å². The molecule has 1 aromatic carbocycles. The Bertz CT molecular complexity index is 400. The summed E-state index contributed by atoms with van der Waals surface area (Å²) in [5.74, 6) is 0.861. The van der Waals surface area contributed by atoms with Gasteiger partial charge in [0.2, 0.25) is 0 Å². The second-order valence-electron chi connectivity index (χ2n) is 5.84. The van der Waals surface area contributed by atoms with Crippen molar-refractivity contribution in [1.29, 1.82) is 0 Å². The normalized spacial score (nSPS) is 24.3. The van der Waals surface area contributed by atoms with Gasteiger partial charge in [0.15, 0.2) is 0 Å². The van der Waals surface area contributed by atoms with E-state index in [2.05, 4.69) is 43.9 Å². The van der Waals surface area contributed by atoms with Crippen molar-refractivity contribution < 1.29 is 0 Å². The number of nitrogens with two attached hydrogens (primary N) is 1. The summed E-state index contributed by atoms with van der Waals surface area (Å²) in [5.41, 5.74) is 9.90. The van der Waals surface area contributed by atoms with Crippen LogP contribution in [0.5, 0.6) is 0 Å². The van der Waals surface area contributed by atoms with E-state index in [1.165, 1.54) is 36.2 Å². The number of hydrogen-bond donors (Lipinski definition) is 1. The standard InChI is InChI=1S/C16H26N2/c1-12-4-5-16(15(11-12)6-8-17)18-9-7-13(2)10-14(18)3/h4-5,11,13-14H,6-10,17H2,1-3H3. The van der Waals surface area contributed by atoms with Gasteiger partial charge in [-0.3, -0.25) is 0 Å². The zero-order valence-electron chi connectivity index (χ0n) is 11.9. The van der Waals surface area contributed by atoms with E-state index in [1.54, 1.807) is 0 Å². The van der Waals surface area contributed by atoms with Crippen LogP contribution in [-0.2, 0) is 6.42 Å². The van der Waals surface area contributed by atoms with E-state index < -0.39 is 0 Å². The molecule has 1 heterocycles. The van der Waals surface area contributed by atoms with Gasteiger partial charge in [-0.1, -0.05) is 24.6 Å². The summed E-state index contributed by atoms with van der Waals surface area (Å²) in [4.78, 5) is 2.57. The Kier molecular flexibility index (Phi) is 4.28. The van der Waals surface area contributed by atoms with Crippen molar-refractivity contribution in [2.24, 2.45) is 11.7 Å². The molecule has 1 fully saturated rings. The average molecular weight is 246 g/mol. The molecule has 18 heavy (non-hydrogen) atoms. The molecule has 1 aromatic rings. The second-order valence-corrected chi connectivity index (χ2v) is 5.84. The third kappa shape index (κ3) is 2.86. The van der Waals surface area contributed by atoms with Crippen LogP contribution in [0.2, 0.25) is 0 Å². The highest BCUT2D eigenvalue weighted by molar-refractivity contribution is 5.56. The second kappa shape index (κ2) is 5.75. The molecule has 0 aliphatic carbocycles. The van der Waals surface area contributed by atoms with Gasteiger partial charge >= 0.3 is 0 Å². The number of piperidine rings is 1. The molecule has 1 saturated heterocycles. The van der Waals surface area contributed by atoms with Gasteiger partial charge in [-0.05, 0) is 57.2 Å². The third-order valence-corrected chi connectivity index (χ3v) is 4.10. The lowest BCUT2D eigenvalue weighted by Crippen LogP contribution is -2.40. The van der Waals surface area contributed by atoms with Crippen molar-refractivity contribution >= 4 is 5.69 Å². The molecule has 0 bridgehead atoms. The van der Waals surface area contributed by atoms with E-state index in [9.17, 15) is 0 Å². The van der Waals surface area contributed by atoms with E-state index in [4.69, 9.17) is 5.73 Å². The lowest BCUT2D eigenvalue weighted by molar-refractivity contribution is 0.377. The van der Waals surface area contributed by atoms with Crippen molar-refractivity contribution in [1.82, 2.24) is 0 Å². The Morgan fingerprint density at radius 3 is 2.78 bits per heavy atom. The van der Waals surface area contributed by atoms with Crippen LogP contribution in [0.15, 0.2) is 18.2 Å². The molecule has 2 N–H and O–H groups in total. The Hall–Kier alpha value is -1.02. The lowest BCUT2D eigenvalue weighted by atomic mass is 9.92. The number of benzene rings is 1. The van der Waals surface area contributed by atoms with Gasteiger partial charge in [-0.15, -0.1) is 0 Å². The highest BCUT2D eigenvalue weighted by atomic mass is 15.2. The first-order valence-corrected chi connectivity index (χ1v) is 7.18. The van der Waals surface area contributed by atoms with Crippen molar-refractivity contribution in [2.75, 3.05) is 18.0 Å². The first-order valence-electron chi connectivity index (χ1n) is 7.18. The quantitative estimate of drug-likeness (QED) is 0.888. The van der Waals surface area contributed by atoms with E-state index in [0.717, 1.165) is 18.9 Å². The van der Waals surface area contributed by atoms with Gasteiger partial charge in [-0.2, -0.15) is 0 Å². The topological polar surface area (TPSA) is 29.3 Å². The molecule has 100 valence electrons. The maximum absolute atomic E-state index is 5.75. The summed E-state index contributed by atoms with van der Waals surface area (Å²) in [5, 5.41) is 0. The number of hydrogen-bond acceptors (Lipinski definition) is 2. The zero-order chi connectivity index (χ0) is 13.1. The van der Waals surface area contributed by atoms with Crippen LogP contribution in [0.4, 0.5) is 5.69 Å². The van der Waals surface area contributed by atoms with Gasteiger partial charge in [0, 0.05) is 18.3 Å². The number of aryl methyl sites for hydroxylation is 1. The summed E-state index contributed by atoms with van der Waals surface area (Å²) in [6.45, 7) is 8.79. The molecule has 2 nitrogen and oxygen atoms in total. The molecular weight excluding hydrogens is 220 g/mol. The highest BCUT2D eigenvalue weighted by Crippen LogP contribution is 2.30. The Morgan fingerprint density at radius 2 is 2.11 bits per heavy atom. The number of anilines is 1. The molecule has 2 heteroatoms. The van der Waals surface area contributed by atoms with Gasteiger partial charge in [0.1, 0.15) is 0 Å². The molecule has 2 rings (SSSR count). The fourth-order valence-electron chi connectivity index (χ4n) is 3.12. The fourth-order valence-corrected chi connectivity index (χ4v) is 3.12. The van der Waals surface area contributed by atoms with Gasteiger partial charge in [-0.25, -0.2) is 0 Å². The summed E-state index contributed by atoms with van der Waals surface area (Å²) in [6, 6.07) is 7.45. The molecule has 0 saturated carbocycles. The maximum atomic E-state index is 5.75. The largest absolute Gasteiger partial charge is 0.369 e. The summed E-state index contributed by atoms with van der Waals surface area (Å²) in [6.07, 6.45) is 3.59. The van der Waals surface area contributed by atoms with E-state index in [1.807, 2.05) is 0 Å². The van der Waals surface area contributed by atoms with Gasteiger partial charge in [0.05, 0.1) is 0 Å². The Labute approximate surface area is 111 Å². The fraction of sp³-hybridized carbons (Fsp3) is 0.625. The summed E-state index contributed by atoms with van der Waals surface area (Å²) >= 11 is 0. The monoisotopic (exact) mass is 246 g/mol. The first-order chi connectivity index (χ1) is 8.61. The predicted octanol–water partition coefficient (Wildman–Crippen LogP) is 3.12. The minimum atomic E-state index is 0.646. The molecule has 1 aliphatic heterocycles. The van der Waals surface area contributed by atoms with Gasteiger partial charge in [0.25, 0.3) is 0 Å². The van der Waals surface area contributed by atoms with E-state index in [-0.39, 0.29) is 0 Å². The number of nitrogens with zero attached hydrogens (tertiary/aromatic N) is 1. The summed E-state index contributed by atoms with van der Waals surface area (Å²) < 4.78 is 0. The summed E-state index contributed by atoms with van der Waals surface area (Å²) in [7, 11) is 0. The SMILES string of the molecule is Cc1ccc(N2CCC(C)CC2C)c(CCN)c1. The maximum Gasteiger partial charge on any atom is 0.0401 e. The predicted molar refractivity (Wildman–Crippen MR) is 79.1 cm³/mol. The molecule has 2 unspecified atom stereocenters. The first kappa shape index (κ1) is 13.4. The van der Waals surface area contributed by atoms with Crippen LogP contribution in [0.3, 0.4) is 0 Å². The molecule has 0 amide bonds. The lowest BCUT2D eigenvalue weighted by Gasteiger charge is -2.39. The molecule has 2 atom stereocenters. The molecular formula is C16H26N2. The van der Waals surface area contributed by atoms with Gasteiger partial charge < -0.3 is 10.6 Å². The zero-order valence-corrected chi connectivity index (χ0v) is 11.9. The van der Waals surface area contributed by atoms with Crippen LogP contribution in [0.25, 0.3) is 0 Å². The van der Waals surface area contributed by atoms with Crippen LogP contribution in [0.1, 0.15) is 37.8 Å². The van der Waals surface area contributed by atoms with Crippen LogP contribution >= 0.6 is 0 Å². The van der Waals surface area contributed by atoms with E-state index >= 15 is 0 Å². The highest BCUT2D eigenvalue weighted by Gasteiger charge is 2.24. The smallest absolute Gasteiger partial charge is 0.0401 e. The van der Waals surface area contributed by atoms with Crippen LogP contribution in [-0.4, -0.2) is 19.1 Å². The Balaban J connectivity index is 2.26. The van der Waals surface area contributed by atoms with E-state index in [0.29, 0.717) is 6.04 Å². The molecule has 0 spiro atoms. The minimum Gasteiger partial charge on any atom is -0.369 e. The number of rotatable bonds is 3. The van der Waals surface area contributed by atoms with Crippen LogP contribution in [0, 0.1) is 12.8 Å². The molecule has 0 aromatic heterocycles. The molecule has 0 radical (unpaired) electrons. The average Bonchev–Trinajstić information content (AvgIpc) is 2.31. The van der Waals surface area contributed by atoms with Crippen LogP contribution < -0.4 is 10.6 Å². The van der Waals surface area contributed by atoms with Crippen molar-refractivity contribution in [3.63, 3.8) is 0 Å². The molecule has 1 aliphatic rings. The third-order valence-electron chi connectivity index (χ3n) is 4.10. The Morgan fingerprint density at radius 1 is 1.33 bits per heavy atom. The van der Waals surface area contributed by atoms with Crippen molar-refractivity contribution in [3.8, 4) is 0 Å². The van der Waals surface area contributed by atoms with Crippen molar-refractivity contribution in [2.45, 2.75) is 46.1 Å².